The highest BCUT2D eigenvalue weighted by molar-refractivity contribution is 5.90. The van der Waals surface area contributed by atoms with E-state index in [0.29, 0.717) is 17.7 Å². The lowest BCUT2D eigenvalue weighted by Gasteiger charge is -2.14. The van der Waals surface area contributed by atoms with Gasteiger partial charge in [0, 0.05) is 13.1 Å². The van der Waals surface area contributed by atoms with Crippen molar-refractivity contribution in [2.45, 2.75) is 19.8 Å². The molecule has 128 valence electrons. The second-order valence-corrected chi connectivity index (χ2v) is 6.30. The molecule has 0 spiro atoms. The van der Waals surface area contributed by atoms with Crippen molar-refractivity contribution in [2.24, 2.45) is 5.92 Å². The molecule has 1 saturated heterocycles. The minimum absolute atomic E-state index is 0.128. The molecule has 4 rings (SSSR count). The SMILES string of the molecule is Cc1nc(C(=O)N2CCC(Cc3ccccc3)C2)nn1-c1ncn[nH]1. The number of aryl methyl sites for hydroxylation is 1. The Hall–Kier alpha value is -3.03. The second kappa shape index (κ2) is 6.46. The first-order valence-corrected chi connectivity index (χ1v) is 8.33. The summed E-state index contributed by atoms with van der Waals surface area (Å²) in [7, 11) is 0. The number of benzene rings is 1. The Morgan fingerprint density at radius 3 is 2.92 bits per heavy atom. The number of aromatic amines is 1. The van der Waals surface area contributed by atoms with Gasteiger partial charge in [-0.25, -0.2) is 10.1 Å². The van der Waals surface area contributed by atoms with Crippen LogP contribution >= 0.6 is 0 Å². The van der Waals surface area contributed by atoms with Crippen molar-refractivity contribution in [3.8, 4) is 5.95 Å². The van der Waals surface area contributed by atoms with Gasteiger partial charge in [-0.1, -0.05) is 30.3 Å². The van der Waals surface area contributed by atoms with Crippen molar-refractivity contribution < 1.29 is 4.79 Å². The number of amides is 1. The molecule has 1 aliphatic rings. The average molecular weight is 337 g/mol. The third-order valence-corrected chi connectivity index (χ3v) is 4.50. The Balaban J connectivity index is 1.44. The Bertz CT molecular complexity index is 857. The number of rotatable bonds is 4. The number of likely N-dealkylation sites (tertiary alicyclic amines) is 1. The van der Waals surface area contributed by atoms with E-state index in [0.717, 1.165) is 25.9 Å². The van der Waals surface area contributed by atoms with E-state index in [-0.39, 0.29) is 11.7 Å². The van der Waals surface area contributed by atoms with Gasteiger partial charge in [0.1, 0.15) is 12.2 Å². The standard InChI is InChI=1S/C17H19N7O/c1-12-20-15(22-24(12)17-18-11-19-21-17)16(25)23-8-7-14(10-23)9-13-5-3-2-4-6-13/h2-6,11,14H,7-10H2,1H3,(H,18,19,21). The molecule has 1 N–H and O–H groups in total. The minimum Gasteiger partial charge on any atom is -0.336 e. The molecular formula is C17H19N7O. The zero-order valence-electron chi connectivity index (χ0n) is 14.0. The average Bonchev–Trinajstić information content (AvgIpc) is 3.35. The summed E-state index contributed by atoms with van der Waals surface area (Å²) >= 11 is 0. The van der Waals surface area contributed by atoms with Gasteiger partial charge in [-0.15, -0.1) is 5.10 Å². The third kappa shape index (κ3) is 3.15. The molecule has 8 heteroatoms. The molecule has 25 heavy (non-hydrogen) atoms. The number of hydrogen-bond acceptors (Lipinski definition) is 5. The molecule has 8 nitrogen and oxygen atoms in total. The molecule has 1 amide bonds. The molecule has 0 aliphatic carbocycles. The predicted molar refractivity (Wildman–Crippen MR) is 90.2 cm³/mol. The highest BCUT2D eigenvalue weighted by Gasteiger charge is 2.29. The van der Waals surface area contributed by atoms with Crippen molar-refractivity contribution in [3.63, 3.8) is 0 Å². The molecule has 0 radical (unpaired) electrons. The van der Waals surface area contributed by atoms with E-state index in [4.69, 9.17) is 0 Å². The number of carbonyl (C=O) groups is 1. The molecular weight excluding hydrogens is 318 g/mol. The maximum Gasteiger partial charge on any atom is 0.293 e. The number of nitrogens with one attached hydrogen (secondary N) is 1. The normalized spacial score (nSPS) is 17.2. The summed E-state index contributed by atoms with van der Waals surface area (Å²) in [4.78, 5) is 22.9. The molecule has 2 aromatic heterocycles. The van der Waals surface area contributed by atoms with Crippen molar-refractivity contribution in [3.05, 3.63) is 53.9 Å². The Labute approximate surface area is 144 Å². The molecule has 3 heterocycles. The van der Waals surface area contributed by atoms with Crippen LogP contribution in [0.2, 0.25) is 0 Å². The van der Waals surface area contributed by atoms with Gasteiger partial charge in [0.25, 0.3) is 5.91 Å². The Kier molecular flexibility index (Phi) is 4.01. The predicted octanol–water partition coefficient (Wildman–Crippen LogP) is 1.40. The van der Waals surface area contributed by atoms with E-state index >= 15 is 0 Å². The largest absolute Gasteiger partial charge is 0.336 e. The summed E-state index contributed by atoms with van der Waals surface area (Å²) in [6, 6.07) is 10.4. The van der Waals surface area contributed by atoms with Gasteiger partial charge in [0.2, 0.25) is 11.8 Å². The number of hydrogen-bond donors (Lipinski definition) is 1. The first-order chi connectivity index (χ1) is 12.2. The monoisotopic (exact) mass is 337 g/mol. The van der Waals surface area contributed by atoms with Crippen LogP contribution in [0.4, 0.5) is 0 Å². The smallest absolute Gasteiger partial charge is 0.293 e. The fourth-order valence-electron chi connectivity index (χ4n) is 3.25. The van der Waals surface area contributed by atoms with Gasteiger partial charge in [0.15, 0.2) is 0 Å². The van der Waals surface area contributed by atoms with Crippen LogP contribution < -0.4 is 0 Å². The Morgan fingerprint density at radius 2 is 2.16 bits per heavy atom. The van der Waals surface area contributed by atoms with E-state index in [1.807, 2.05) is 11.0 Å². The van der Waals surface area contributed by atoms with Crippen LogP contribution in [0.1, 0.15) is 28.4 Å². The van der Waals surface area contributed by atoms with Gasteiger partial charge < -0.3 is 4.90 Å². The third-order valence-electron chi connectivity index (χ3n) is 4.50. The van der Waals surface area contributed by atoms with Crippen LogP contribution in [0.25, 0.3) is 5.95 Å². The van der Waals surface area contributed by atoms with E-state index in [2.05, 4.69) is 49.5 Å². The number of nitrogens with zero attached hydrogens (tertiary/aromatic N) is 6. The highest BCUT2D eigenvalue weighted by atomic mass is 16.2. The highest BCUT2D eigenvalue weighted by Crippen LogP contribution is 2.22. The number of H-pyrrole nitrogens is 1. The first-order valence-electron chi connectivity index (χ1n) is 8.33. The zero-order chi connectivity index (χ0) is 17.2. The summed E-state index contributed by atoms with van der Waals surface area (Å²) in [6.07, 6.45) is 3.39. The van der Waals surface area contributed by atoms with Gasteiger partial charge >= 0.3 is 0 Å². The summed E-state index contributed by atoms with van der Waals surface area (Å²) < 4.78 is 1.50. The van der Waals surface area contributed by atoms with Gasteiger partial charge in [-0.3, -0.25) is 4.79 Å². The van der Waals surface area contributed by atoms with Crippen molar-refractivity contribution in [1.82, 2.24) is 34.8 Å². The molecule has 1 aliphatic heterocycles. The topological polar surface area (TPSA) is 92.6 Å². The fraction of sp³-hybridized carbons (Fsp3) is 0.353. The summed E-state index contributed by atoms with van der Waals surface area (Å²) in [6.45, 7) is 3.27. The van der Waals surface area contributed by atoms with Crippen molar-refractivity contribution in [1.29, 1.82) is 0 Å². The quantitative estimate of drug-likeness (QED) is 0.777. The van der Waals surface area contributed by atoms with Gasteiger partial charge in [-0.05, 0) is 31.2 Å². The van der Waals surface area contributed by atoms with Gasteiger partial charge in [0.05, 0.1) is 0 Å². The lowest BCUT2D eigenvalue weighted by molar-refractivity contribution is 0.0775. The van der Waals surface area contributed by atoms with Crippen LogP contribution in [0, 0.1) is 12.8 Å². The van der Waals surface area contributed by atoms with E-state index in [1.54, 1.807) is 6.92 Å². The fourth-order valence-corrected chi connectivity index (χ4v) is 3.25. The maximum atomic E-state index is 12.7. The zero-order valence-corrected chi connectivity index (χ0v) is 14.0. The molecule has 3 aromatic rings. The lowest BCUT2D eigenvalue weighted by atomic mass is 9.99. The Morgan fingerprint density at radius 1 is 1.32 bits per heavy atom. The summed E-state index contributed by atoms with van der Waals surface area (Å²) in [5, 5.41) is 10.8. The molecule has 0 bridgehead atoms. The maximum absolute atomic E-state index is 12.7. The molecule has 1 aromatic carbocycles. The lowest BCUT2D eigenvalue weighted by Crippen LogP contribution is -2.30. The van der Waals surface area contributed by atoms with E-state index in [1.165, 1.54) is 16.6 Å². The molecule has 1 fully saturated rings. The summed E-state index contributed by atoms with van der Waals surface area (Å²) in [5.74, 6) is 1.60. The van der Waals surface area contributed by atoms with Crippen molar-refractivity contribution in [2.75, 3.05) is 13.1 Å². The van der Waals surface area contributed by atoms with Crippen LogP contribution in [0.3, 0.4) is 0 Å². The number of aromatic nitrogens is 6. The van der Waals surface area contributed by atoms with Crippen LogP contribution in [0.5, 0.6) is 0 Å². The van der Waals surface area contributed by atoms with E-state index < -0.39 is 0 Å². The van der Waals surface area contributed by atoms with E-state index in [9.17, 15) is 4.79 Å². The molecule has 1 unspecified atom stereocenters. The molecule has 0 saturated carbocycles. The van der Waals surface area contributed by atoms with Crippen LogP contribution in [-0.4, -0.2) is 53.8 Å². The molecule has 1 atom stereocenters. The second-order valence-electron chi connectivity index (χ2n) is 6.30. The minimum atomic E-state index is -0.128. The summed E-state index contributed by atoms with van der Waals surface area (Å²) in [5.41, 5.74) is 1.31. The van der Waals surface area contributed by atoms with Gasteiger partial charge in [-0.2, -0.15) is 14.8 Å². The van der Waals surface area contributed by atoms with Crippen LogP contribution in [-0.2, 0) is 6.42 Å². The van der Waals surface area contributed by atoms with Crippen LogP contribution in [0.15, 0.2) is 36.7 Å². The van der Waals surface area contributed by atoms with Crippen molar-refractivity contribution >= 4 is 5.91 Å². The number of carbonyl (C=O) groups excluding carboxylic acids is 1. The first kappa shape index (κ1) is 15.5.